The average Bonchev–Trinajstić information content (AvgIpc) is 2.76. The fourth-order valence-corrected chi connectivity index (χ4v) is 1.77. The number of aryl methyl sites for hydroxylation is 1. The summed E-state index contributed by atoms with van der Waals surface area (Å²) in [4.78, 5) is 11.9. The van der Waals surface area contributed by atoms with Crippen molar-refractivity contribution in [1.29, 1.82) is 0 Å². The van der Waals surface area contributed by atoms with Gasteiger partial charge in [-0.05, 0) is 30.7 Å². The highest BCUT2D eigenvalue weighted by molar-refractivity contribution is 6.32. The summed E-state index contributed by atoms with van der Waals surface area (Å²) in [6.07, 6.45) is 1.59. The van der Waals surface area contributed by atoms with E-state index in [0.717, 1.165) is 5.56 Å². The number of anilines is 1. The first-order valence-corrected chi connectivity index (χ1v) is 5.64. The quantitative estimate of drug-likeness (QED) is 0.896. The van der Waals surface area contributed by atoms with E-state index in [4.69, 9.17) is 16.3 Å². The SMILES string of the molecule is COc1ccc(NC(=O)c2[nH]ncc2C)cc1Cl. The summed E-state index contributed by atoms with van der Waals surface area (Å²) < 4.78 is 5.04. The van der Waals surface area contributed by atoms with Gasteiger partial charge in [0.25, 0.3) is 5.91 Å². The predicted molar refractivity (Wildman–Crippen MR) is 69.3 cm³/mol. The molecule has 0 atom stereocenters. The number of benzene rings is 1. The van der Waals surface area contributed by atoms with Crippen LogP contribution in [0.15, 0.2) is 24.4 Å². The lowest BCUT2D eigenvalue weighted by Crippen LogP contribution is -2.13. The zero-order valence-corrected chi connectivity index (χ0v) is 10.7. The van der Waals surface area contributed by atoms with Crippen LogP contribution in [0.25, 0.3) is 0 Å². The van der Waals surface area contributed by atoms with Crippen LogP contribution < -0.4 is 10.1 Å². The van der Waals surface area contributed by atoms with Crippen molar-refractivity contribution in [3.63, 3.8) is 0 Å². The summed E-state index contributed by atoms with van der Waals surface area (Å²) in [7, 11) is 1.54. The van der Waals surface area contributed by atoms with Crippen LogP contribution in [-0.4, -0.2) is 23.2 Å². The lowest BCUT2D eigenvalue weighted by molar-refractivity contribution is 0.102. The molecule has 0 aliphatic heterocycles. The first-order chi connectivity index (χ1) is 8.61. The Morgan fingerprint density at radius 3 is 2.83 bits per heavy atom. The first kappa shape index (κ1) is 12.4. The average molecular weight is 266 g/mol. The number of rotatable bonds is 3. The Morgan fingerprint density at radius 1 is 1.50 bits per heavy atom. The summed E-state index contributed by atoms with van der Waals surface area (Å²) in [5.74, 6) is 0.304. The molecule has 2 aromatic rings. The summed E-state index contributed by atoms with van der Waals surface area (Å²) >= 11 is 5.97. The van der Waals surface area contributed by atoms with Crippen LogP contribution in [0.3, 0.4) is 0 Å². The number of H-pyrrole nitrogens is 1. The summed E-state index contributed by atoms with van der Waals surface area (Å²) in [6, 6.07) is 5.04. The molecule has 0 bridgehead atoms. The zero-order valence-electron chi connectivity index (χ0n) is 9.95. The number of nitrogens with zero attached hydrogens (tertiary/aromatic N) is 1. The van der Waals surface area contributed by atoms with Gasteiger partial charge in [0.1, 0.15) is 11.4 Å². The molecule has 0 radical (unpaired) electrons. The van der Waals surface area contributed by atoms with Crippen LogP contribution in [0, 0.1) is 6.92 Å². The molecule has 18 heavy (non-hydrogen) atoms. The number of aromatic amines is 1. The van der Waals surface area contributed by atoms with Crippen molar-refractivity contribution in [2.75, 3.05) is 12.4 Å². The molecule has 2 N–H and O–H groups in total. The van der Waals surface area contributed by atoms with Crippen molar-refractivity contribution in [2.45, 2.75) is 6.92 Å². The number of halogens is 1. The fourth-order valence-electron chi connectivity index (χ4n) is 1.51. The molecule has 5 nitrogen and oxygen atoms in total. The Hall–Kier alpha value is -2.01. The lowest BCUT2D eigenvalue weighted by atomic mass is 10.2. The highest BCUT2D eigenvalue weighted by Gasteiger charge is 2.11. The molecule has 1 aromatic carbocycles. The van der Waals surface area contributed by atoms with Gasteiger partial charge in [-0.15, -0.1) is 0 Å². The van der Waals surface area contributed by atoms with E-state index in [1.165, 1.54) is 7.11 Å². The Labute approximate surface area is 109 Å². The number of ether oxygens (including phenoxy) is 1. The number of carbonyl (C=O) groups excluding carboxylic acids is 1. The van der Waals surface area contributed by atoms with Crippen molar-refractivity contribution < 1.29 is 9.53 Å². The molecule has 6 heteroatoms. The molecule has 2 rings (SSSR count). The third-order valence-electron chi connectivity index (χ3n) is 2.47. The van der Waals surface area contributed by atoms with Crippen molar-refractivity contribution in [3.8, 4) is 5.75 Å². The fraction of sp³-hybridized carbons (Fsp3) is 0.167. The maximum atomic E-state index is 11.9. The molecule has 0 aliphatic rings. The van der Waals surface area contributed by atoms with Gasteiger partial charge in [-0.2, -0.15) is 5.10 Å². The molecule has 0 fully saturated rings. The summed E-state index contributed by atoms with van der Waals surface area (Å²) in [5, 5.41) is 9.61. The van der Waals surface area contributed by atoms with Gasteiger partial charge in [-0.1, -0.05) is 11.6 Å². The van der Waals surface area contributed by atoms with Crippen LogP contribution in [0.5, 0.6) is 5.75 Å². The highest BCUT2D eigenvalue weighted by atomic mass is 35.5. The largest absolute Gasteiger partial charge is 0.495 e. The molecule has 94 valence electrons. The number of aromatic nitrogens is 2. The number of nitrogens with one attached hydrogen (secondary N) is 2. The first-order valence-electron chi connectivity index (χ1n) is 5.26. The maximum Gasteiger partial charge on any atom is 0.273 e. The lowest BCUT2D eigenvalue weighted by Gasteiger charge is -2.07. The second kappa shape index (κ2) is 5.10. The smallest absolute Gasteiger partial charge is 0.273 e. The van der Waals surface area contributed by atoms with Crippen LogP contribution >= 0.6 is 11.6 Å². The number of methoxy groups -OCH3 is 1. The van der Waals surface area contributed by atoms with E-state index in [0.29, 0.717) is 22.2 Å². The van der Waals surface area contributed by atoms with E-state index in [2.05, 4.69) is 15.5 Å². The van der Waals surface area contributed by atoms with E-state index in [9.17, 15) is 4.79 Å². The van der Waals surface area contributed by atoms with Gasteiger partial charge in [0.15, 0.2) is 0 Å². The van der Waals surface area contributed by atoms with E-state index in [1.807, 2.05) is 0 Å². The Morgan fingerprint density at radius 2 is 2.28 bits per heavy atom. The summed E-state index contributed by atoms with van der Waals surface area (Å²) in [5.41, 5.74) is 1.81. The third-order valence-corrected chi connectivity index (χ3v) is 2.76. The molecular weight excluding hydrogens is 254 g/mol. The van der Waals surface area contributed by atoms with Crippen LogP contribution in [0.2, 0.25) is 5.02 Å². The molecule has 1 aromatic heterocycles. The topological polar surface area (TPSA) is 67.0 Å². The minimum absolute atomic E-state index is 0.258. The van der Waals surface area contributed by atoms with Crippen molar-refractivity contribution in [1.82, 2.24) is 10.2 Å². The van der Waals surface area contributed by atoms with Gasteiger partial charge in [-0.3, -0.25) is 9.89 Å². The molecule has 0 saturated heterocycles. The summed E-state index contributed by atoms with van der Waals surface area (Å²) in [6.45, 7) is 1.80. The van der Waals surface area contributed by atoms with Crippen molar-refractivity contribution in [3.05, 3.63) is 40.7 Å². The van der Waals surface area contributed by atoms with Gasteiger partial charge in [0.05, 0.1) is 18.3 Å². The van der Waals surface area contributed by atoms with E-state index in [-0.39, 0.29) is 5.91 Å². The van der Waals surface area contributed by atoms with Crippen molar-refractivity contribution >= 4 is 23.2 Å². The second-order valence-corrected chi connectivity index (χ2v) is 4.14. The second-order valence-electron chi connectivity index (χ2n) is 3.73. The zero-order chi connectivity index (χ0) is 13.1. The van der Waals surface area contributed by atoms with Crippen molar-refractivity contribution in [2.24, 2.45) is 0 Å². The Kier molecular flexibility index (Phi) is 3.53. The number of amides is 1. The third kappa shape index (κ3) is 2.46. The van der Waals surface area contributed by atoms with E-state index < -0.39 is 0 Å². The van der Waals surface area contributed by atoms with E-state index >= 15 is 0 Å². The molecule has 0 spiro atoms. The maximum absolute atomic E-state index is 11.9. The predicted octanol–water partition coefficient (Wildman–Crippen LogP) is 2.63. The Bertz CT molecular complexity index is 580. The van der Waals surface area contributed by atoms with Gasteiger partial charge in [0, 0.05) is 5.69 Å². The standard InChI is InChI=1S/C12H12ClN3O2/c1-7-6-14-16-11(7)12(17)15-8-3-4-10(18-2)9(13)5-8/h3-6H,1-2H3,(H,14,16)(H,15,17). The van der Waals surface area contributed by atoms with Crippen LogP contribution in [0.4, 0.5) is 5.69 Å². The number of carbonyl (C=O) groups is 1. The molecule has 1 heterocycles. The van der Waals surface area contributed by atoms with Gasteiger partial charge in [0.2, 0.25) is 0 Å². The van der Waals surface area contributed by atoms with Crippen LogP contribution in [-0.2, 0) is 0 Å². The molecule has 1 amide bonds. The number of hydrogen-bond donors (Lipinski definition) is 2. The minimum Gasteiger partial charge on any atom is -0.495 e. The molecular formula is C12H12ClN3O2. The van der Waals surface area contributed by atoms with Gasteiger partial charge in [-0.25, -0.2) is 0 Å². The highest BCUT2D eigenvalue weighted by Crippen LogP contribution is 2.27. The minimum atomic E-state index is -0.258. The molecule has 0 saturated carbocycles. The van der Waals surface area contributed by atoms with Crippen LogP contribution in [0.1, 0.15) is 16.1 Å². The monoisotopic (exact) mass is 265 g/mol. The van der Waals surface area contributed by atoms with Gasteiger partial charge < -0.3 is 10.1 Å². The van der Waals surface area contributed by atoms with Gasteiger partial charge >= 0.3 is 0 Å². The van der Waals surface area contributed by atoms with E-state index in [1.54, 1.807) is 31.3 Å². The number of hydrogen-bond acceptors (Lipinski definition) is 3. The normalized spacial score (nSPS) is 10.2. The molecule has 0 unspecified atom stereocenters. The Balaban J connectivity index is 2.17. The molecule has 0 aliphatic carbocycles.